The number of ether oxygens (including phenoxy) is 1. The Morgan fingerprint density at radius 3 is 2.29 bits per heavy atom. The number of hydrogen-bond donors (Lipinski definition) is 1. The van der Waals surface area contributed by atoms with Crippen molar-refractivity contribution in [3.05, 3.63) is 55.6 Å². The van der Waals surface area contributed by atoms with Gasteiger partial charge in [0.25, 0.3) is 0 Å². The molecule has 2 aromatic rings. The molecule has 0 amide bonds. The van der Waals surface area contributed by atoms with Crippen molar-refractivity contribution in [1.29, 1.82) is 0 Å². The zero-order valence-electron chi connectivity index (χ0n) is 10.5. The van der Waals surface area contributed by atoms with Crippen LogP contribution in [-0.2, 0) is 16.6 Å². The number of halogens is 3. The summed E-state index contributed by atoms with van der Waals surface area (Å²) in [5.74, 6) is 0.299. The summed E-state index contributed by atoms with van der Waals surface area (Å²) in [5.41, 5.74) is 0.957. The third-order valence-corrected chi connectivity index (χ3v) is 4.99. The summed E-state index contributed by atoms with van der Waals surface area (Å²) < 4.78 is 29.3. The van der Waals surface area contributed by atoms with Gasteiger partial charge in [0, 0.05) is 9.64 Å². The lowest BCUT2D eigenvalue weighted by Crippen LogP contribution is -2.13. The summed E-state index contributed by atoms with van der Waals surface area (Å²) in [5, 5.41) is 5.15. The summed E-state index contributed by atoms with van der Waals surface area (Å²) in [6.07, 6.45) is 0. The van der Waals surface area contributed by atoms with Crippen molar-refractivity contribution in [2.24, 2.45) is 5.14 Å². The Morgan fingerprint density at radius 2 is 1.71 bits per heavy atom. The number of benzene rings is 2. The zero-order valence-corrected chi connectivity index (χ0v) is 15.0. The molecular weight excluding hydrogens is 448 g/mol. The minimum atomic E-state index is -3.92. The quantitative estimate of drug-likeness (QED) is 0.709. The van der Waals surface area contributed by atoms with Gasteiger partial charge in [0.1, 0.15) is 17.3 Å². The van der Waals surface area contributed by atoms with E-state index in [9.17, 15) is 8.42 Å². The van der Waals surface area contributed by atoms with Crippen molar-refractivity contribution < 1.29 is 13.2 Å². The average molecular weight is 458 g/mol. The lowest BCUT2D eigenvalue weighted by Gasteiger charge is -2.10. The van der Waals surface area contributed by atoms with Gasteiger partial charge in [-0.25, -0.2) is 13.6 Å². The van der Waals surface area contributed by atoms with Crippen LogP contribution in [-0.4, -0.2) is 8.42 Å². The van der Waals surface area contributed by atoms with Gasteiger partial charge in [0.15, 0.2) is 0 Å². The average Bonchev–Trinajstić information content (AvgIpc) is 2.40. The van der Waals surface area contributed by atoms with E-state index in [1.165, 1.54) is 12.1 Å². The molecule has 0 aromatic heterocycles. The van der Waals surface area contributed by atoms with Crippen LogP contribution in [0.2, 0.25) is 10.0 Å². The van der Waals surface area contributed by atoms with Crippen molar-refractivity contribution in [1.82, 2.24) is 0 Å². The predicted octanol–water partition coefficient (Wildman–Crippen LogP) is 3.82. The monoisotopic (exact) mass is 457 g/mol. The van der Waals surface area contributed by atoms with Crippen LogP contribution in [0, 0.1) is 3.57 Å². The number of sulfonamides is 1. The second-order valence-corrected chi connectivity index (χ2v) is 7.76. The number of nitrogens with two attached hydrogens (primary N) is 1. The second-order valence-electron chi connectivity index (χ2n) is 4.17. The largest absolute Gasteiger partial charge is 0.487 e. The molecular formula is C13H10Cl2INO3S. The topological polar surface area (TPSA) is 69.4 Å². The molecule has 112 valence electrons. The molecule has 0 heterocycles. The molecule has 4 nitrogen and oxygen atoms in total. The summed E-state index contributed by atoms with van der Waals surface area (Å²) in [7, 11) is -3.92. The van der Waals surface area contributed by atoms with Gasteiger partial charge in [-0.3, -0.25) is 0 Å². The first kappa shape index (κ1) is 16.8. The third-order valence-electron chi connectivity index (χ3n) is 2.60. The van der Waals surface area contributed by atoms with Crippen LogP contribution in [0.4, 0.5) is 0 Å². The first-order valence-corrected chi connectivity index (χ1v) is 9.04. The van der Waals surface area contributed by atoms with Crippen LogP contribution in [0.25, 0.3) is 0 Å². The van der Waals surface area contributed by atoms with Crippen LogP contribution in [0.15, 0.2) is 41.3 Å². The molecule has 8 heteroatoms. The highest BCUT2D eigenvalue weighted by molar-refractivity contribution is 14.1. The Morgan fingerprint density at radius 1 is 1.10 bits per heavy atom. The van der Waals surface area contributed by atoms with E-state index < -0.39 is 10.0 Å². The molecule has 0 saturated heterocycles. The van der Waals surface area contributed by atoms with Gasteiger partial charge in [-0.15, -0.1) is 0 Å². The van der Waals surface area contributed by atoms with Gasteiger partial charge in [0.2, 0.25) is 10.0 Å². The van der Waals surface area contributed by atoms with E-state index in [-0.39, 0.29) is 14.9 Å². The normalized spacial score (nSPS) is 11.4. The maximum Gasteiger partial charge on any atom is 0.239 e. The van der Waals surface area contributed by atoms with E-state index in [1.807, 2.05) is 24.3 Å². The van der Waals surface area contributed by atoms with Crippen LogP contribution in [0.3, 0.4) is 0 Å². The summed E-state index contributed by atoms with van der Waals surface area (Å²) >= 11 is 14.1. The van der Waals surface area contributed by atoms with E-state index in [4.69, 9.17) is 33.1 Å². The number of primary sulfonamides is 1. The van der Waals surface area contributed by atoms with Crippen molar-refractivity contribution in [3.63, 3.8) is 0 Å². The molecule has 0 fully saturated rings. The van der Waals surface area contributed by atoms with E-state index in [2.05, 4.69) is 22.6 Å². The van der Waals surface area contributed by atoms with Crippen LogP contribution < -0.4 is 9.88 Å². The Balaban J connectivity index is 2.21. The number of rotatable bonds is 4. The van der Waals surface area contributed by atoms with E-state index in [0.29, 0.717) is 12.4 Å². The minimum absolute atomic E-state index is 0.0282. The van der Waals surface area contributed by atoms with Crippen LogP contribution in [0.5, 0.6) is 5.75 Å². The predicted molar refractivity (Wildman–Crippen MR) is 91.3 cm³/mol. The van der Waals surface area contributed by atoms with Gasteiger partial charge in [-0.2, -0.15) is 0 Å². The van der Waals surface area contributed by atoms with E-state index in [0.717, 1.165) is 9.13 Å². The van der Waals surface area contributed by atoms with Crippen LogP contribution in [0.1, 0.15) is 5.56 Å². The van der Waals surface area contributed by atoms with E-state index in [1.54, 1.807) is 0 Å². The molecule has 2 aromatic carbocycles. The molecule has 0 bridgehead atoms. The molecule has 0 aliphatic rings. The minimum Gasteiger partial charge on any atom is -0.487 e. The first-order chi connectivity index (χ1) is 9.77. The molecule has 2 rings (SSSR count). The van der Waals surface area contributed by atoms with Gasteiger partial charge in [-0.1, -0.05) is 35.3 Å². The maximum atomic E-state index is 11.3. The lowest BCUT2D eigenvalue weighted by molar-refractivity contribution is 0.306. The van der Waals surface area contributed by atoms with Crippen molar-refractivity contribution in [2.45, 2.75) is 11.5 Å². The highest BCUT2D eigenvalue weighted by Crippen LogP contribution is 2.33. The van der Waals surface area contributed by atoms with Crippen molar-refractivity contribution in [2.75, 3.05) is 0 Å². The number of hydrogen-bond acceptors (Lipinski definition) is 3. The maximum absolute atomic E-state index is 11.3. The SMILES string of the molecule is NS(=O)(=O)c1cc(Cl)c(OCc2ccc(I)cc2)cc1Cl. The van der Waals surface area contributed by atoms with Crippen molar-refractivity contribution >= 4 is 55.8 Å². The smallest absolute Gasteiger partial charge is 0.239 e. The third kappa shape index (κ3) is 4.46. The molecule has 21 heavy (non-hydrogen) atoms. The van der Waals surface area contributed by atoms with Crippen LogP contribution >= 0.6 is 45.8 Å². The first-order valence-electron chi connectivity index (χ1n) is 5.66. The molecule has 2 N–H and O–H groups in total. The highest BCUT2D eigenvalue weighted by atomic mass is 127. The Bertz CT molecular complexity index is 764. The molecule has 0 radical (unpaired) electrons. The van der Waals surface area contributed by atoms with Crippen molar-refractivity contribution in [3.8, 4) is 5.75 Å². The summed E-state index contributed by atoms with van der Waals surface area (Å²) in [4.78, 5) is -0.226. The summed E-state index contributed by atoms with van der Waals surface area (Å²) in [6, 6.07) is 10.3. The molecule has 0 unspecified atom stereocenters. The Hall–Kier alpha value is -0.540. The molecule has 0 aliphatic heterocycles. The van der Waals surface area contributed by atoms with Gasteiger partial charge in [-0.05, 0) is 46.4 Å². The Kier molecular flexibility index (Phi) is 5.37. The Labute approximate surface area is 146 Å². The van der Waals surface area contributed by atoms with Gasteiger partial charge >= 0.3 is 0 Å². The standard InChI is InChI=1S/C13H10Cl2INO3S/c14-10-6-13(21(17,18)19)11(15)5-12(10)20-7-8-1-3-9(16)4-2-8/h1-6H,7H2,(H2,17,18,19). The van der Waals surface area contributed by atoms with Gasteiger partial charge < -0.3 is 4.74 Å². The fourth-order valence-electron chi connectivity index (χ4n) is 1.58. The fraction of sp³-hybridized carbons (Fsp3) is 0.0769. The zero-order chi connectivity index (χ0) is 15.6. The van der Waals surface area contributed by atoms with E-state index >= 15 is 0 Å². The van der Waals surface area contributed by atoms with Gasteiger partial charge in [0.05, 0.1) is 10.0 Å². The fourth-order valence-corrected chi connectivity index (χ4v) is 3.31. The summed E-state index contributed by atoms with van der Waals surface area (Å²) in [6.45, 7) is 0.293. The molecule has 0 spiro atoms. The molecule has 0 aliphatic carbocycles. The lowest BCUT2D eigenvalue weighted by atomic mass is 10.2. The molecule has 0 saturated carbocycles. The highest BCUT2D eigenvalue weighted by Gasteiger charge is 2.16. The second kappa shape index (κ2) is 6.70. The molecule has 0 atom stereocenters.